The summed E-state index contributed by atoms with van der Waals surface area (Å²) in [6, 6.07) is 10.4. The van der Waals surface area contributed by atoms with Crippen molar-refractivity contribution >= 4 is 0 Å². The van der Waals surface area contributed by atoms with Crippen LogP contribution in [-0.2, 0) is 20.6 Å². The Bertz CT molecular complexity index is 325. The maximum Gasteiger partial charge on any atom is 0.146 e. The molecule has 0 bridgehead atoms. The minimum absolute atomic E-state index is 0.131. The Hall–Kier alpha value is -0.900. The first-order valence-electron chi connectivity index (χ1n) is 5.53. The normalized spacial score (nSPS) is 28.0. The van der Waals surface area contributed by atoms with E-state index in [9.17, 15) is 0 Å². The van der Waals surface area contributed by atoms with Gasteiger partial charge in [-0.25, -0.2) is 0 Å². The Balaban J connectivity index is 1.78. The average Bonchev–Trinajstić information content (AvgIpc) is 2.91. The molecule has 88 valence electrons. The van der Waals surface area contributed by atoms with Crippen LogP contribution in [0.3, 0.4) is 0 Å². The van der Waals surface area contributed by atoms with E-state index < -0.39 is 0 Å². The van der Waals surface area contributed by atoms with Gasteiger partial charge >= 0.3 is 0 Å². The summed E-state index contributed by atoms with van der Waals surface area (Å²) in [4.78, 5) is 0. The van der Waals surface area contributed by atoms with Gasteiger partial charge in [-0.1, -0.05) is 30.3 Å². The summed E-state index contributed by atoms with van der Waals surface area (Å²) < 4.78 is 15.8. The first-order chi connectivity index (χ1) is 7.74. The minimum atomic E-state index is -0.131. The van der Waals surface area contributed by atoms with Crippen LogP contribution in [0, 0.1) is 0 Å². The topological polar surface area (TPSA) is 31.0 Å². The monoisotopic (exact) mass is 222 g/mol. The van der Waals surface area contributed by atoms with Crippen molar-refractivity contribution < 1.29 is 14.2 Å². The van der Waals surface area contributed by atoms with Crippen LogP contribution in [-0.4, -0.2) is 32.2 Å². The van der Waals surface area contributed by atoms with Crippen molar-refractivity contribution in [2.75, 3.05) is 20.5 Å². The predicted molar refractivity (Wildman–Crippen MR) is 61.3 cm³/mol. The van der Waals surface area contributed by atoms with Crippen molar-refractivity contribution in [3.05, 3.63) is 35.9 Å². The van der Waals surface area contributed by atoms with Crippen LogP contribution in [0.25, 0.3) is 0 Å². The highest BCUT2D eigenvalue weighted by atomic mass is 16.7. The van der Waals surface area contributed by atoms with Gasteiger partial charge in [0.05, 0.1) is 12.7 Å². The molecule has 0 aromatic heterocycles. The molecule has 0 unspecified atom stereocenters. The summed E-state index contributed by atoms with van der Waals surface area (Å²) in [6.07, 6.45) is 1.22. The fourth-order valence-electron chi connectivity index (χ4n) is 1.83. The highest BCUT2D eigenvalue weighted by molar-refractivity contribution is 5.18. The Morgan fingerprint density at radius 1 is 1.31 bits per heavy atom. The Morgan fingerprint density at radius 3 is 2.75 bits per heavy atom. The molecule has 16 heavy (non-hydrogen) atoms. The molecule has 0 saturated carbocycles. The highest BCUT2D eigenvalue weighted by Crippen LogP contribution is 2.38. The molecule has 0 aliphatic carbocycles. The van der Waals surface area contributed by atoms with E-state index in [1.807, 2.05) is 6.07 Å². The van der Waals surface area contributed by atoms with Crippen LogP contribution in [0.1, 0.15) is 12.5 Å². The zero-order chi connectivity index (χ0) is 11.4. The maximum atomic E-state index is 5.67. The van der Waals surface area contributed by atoms with E-state index in [-0.39, 0.29) is 11.7 Å². The van der Waals surface area contributed by atoms with E-state index in [1.54, 1.807) is 7.11 Å². The zero-order valence-corrected chi connectivity index (χ0v) is 9.81. The lowest BCUT2D eigenvalue weighted by Gasteiger charge is -2.07. The summed E-state index contributed by atoms with van der Waals surface area (Å²) in [5, 5.41) is 0. The highest BCUT2D eigenvalue weighted by Gasteiger charge is 2.52. The molecule has 2 rings (SSSR count). The van der Waals surface area contributed by atoms with Gasteiger partial charge in [0.1, 0.15) is 12.4 Å². The maximum absolute atomic E-state index is 5.67. The Morgan fingerprint density at radius 2 is 2.06 bits per heavy atom. The first kappa shape index (κ1) is 11.6. The first-order valence-corrected chi connectivity index (χ1v) is 5.53. The molecule has 1 aliphatic heterocycles. The van der Waals surface area contributed by atoms with E-state index >= 15 is 0 Å². The van der Waals surface area contributed by atoms with Crippen molar-refractivity contribution in [3.8, 4) is 0 Å². The van der Waals surface area contributed by atoms with Crippen LogP contribution in [0.2, 0.25) is 0 Å². The Labute approximate surface area is 96.3 Å². The molecule has 1 aromatic carbocycles. The molecule has 3 nitrogen and oxygen atoms in total. The van der Waals surface area contributed by atoms with Crippen molar-refractivity contribution in [1.29, 1.82) is 0 Å². The molecule has 1 saturated heterocycles. The molecule has 0 radical (unpaired) electrons. The quantitative estimate of drug-likeness (QED) is 0.419. The van der Waals surface area contributed by atoms with E-state index in [2.05, 4.69) is 31.2 Å². The number of epoxide rings is 1. The number of hydrogen-bond acceptors (Lipinski definition) is 3. The summed E-state index contributed by atoms with van der Waals surface area (Å²) in [5.74, 6) is 0. The van der Waals surface area contributed by atoms with Crippen LogP contribution in [0.15, 0.2) is 30.3 Å². The summed E-state index contributed by atoms with van der Waals surface area (Å²) in [7, 11) is 1.62. The molecule has 0 N–H and O–H groups in total. The second-order valence-electron chi connectivity index (χ2n) is 4.36. The number of hydrogen-bond donors (Lipinski definition) is 0. The predicted octanol–water partition coefficient (Wildman–Crippen LogP) is 2.01. The molecular weight excluding hydrogens is 204 g/mol. The van der Waals surface area contributed by atoms with Gasteiger partial charge in [0.2, 0.25) is 0 Å². The number of ether oxygens (including phenoxy) is 3. The number of methoxy groups -OCH3 is 1. The third-order valence-electron chi connectivity index (χ3n) is 2.89. The van der Waals surface area contributed by atoms with E-state index in [0.717, 1.165) is 6.42 Å². The zero-order valence-electron chi connectivity index (χ0n) is 9.81. The lowest BCUT2D eigenvalue weighted by molar-refractivity contribution is -0.0463. The van der Waals surface area contributed by atoms with Crippen molar-refractivity contribution in [1.82, 2.24) is 0 Å². The third kappa shape index (κ3) is 2.82. The molecule has 1 heterocycles. The molecule has 1 aromatic rings. The summed E-state index contributed by atoms with van der Waals surface area (Å²) in [5.41, 5.74) is 1.18. The van der Waals surface area contributed by atoms with Gasteiger partial charge in [-0.05, 0) is 12.5 Å². The molecule has 3 heteroatoms. The smallest absolute Gasteiger partial charge is 0.146 e. The SMILES string of the molecule is COCOC[C@@]1(C)O[C@@H]1Cc1ccccc1. The average molecular weight is 222 g/mol. The summed E-state index contributed by atoms with van der Waals surface area (Å²) >= 11 is 0. The van der Waals surface area contributed by atoms with Gasteiger partial charge in [-0.3, -0.25) is 0 Å². The molecule has 1 fully saturated rings. The Kier molecular flexibility index (Phi) is 3.59. The van der Waals surface area contributed by atoms with Crippen LogP contribution >= 0.6 is 0 Å². The summed E-state index contributed by atoms with van der Waals surface area (Å²) in [6.45, 7) is 3.01. The molecular formula is C13H18O3. The van der Waals surface area contributed by atoms with Crippen molar-refractivity contribution in [3.63, 3.8) is 0 Å². The van der Waals surface area contributed by atoms with Crippen molar-refractivity contribution in [2.24, 2.45) is 0 Å². The van der Waals surface area contributed by atoms with Gasteiger partial charge in [0, 0.05) is 13.5 Å². The van der Waals surface area contributed by atoms with E-state index in [4.69, 9.17) is 14.2 Å². The van der Waals surface area contributed by atoms with Gasteiger partial charge in [0.15, 0.2) is 0 Å². The standard InChI is InChI=1S/C13H18O3/c1-13(9-15-10-14-2)12(16-13)8-11-6-4-3-5-7-11/h3-7,12H,8-10H2,1-2H3/t12-,13-/m1/s1. The second kappa shape index (κ2) is 4.95. The van der Waals surface area contributed by atoms with Crippen LogP contribution < -0.4 is 0 Å². The van der Waals surface area contributed by atoms with E-state index in [1.165, 1.54) is 5.56 Å². The fourth-order valence-corrected chi connectivity index (χ4v) is 1.83. The largest absolute Gasteiger partial charge is 0.363 e. The van der Waals surface area contributed by atoms with Gasteiger partial charge < -0.3 is 14.2 Å². The van der Waals surface area contributed by atoms with Crippen LogP contribution in [0.5, 0.6) is 0 Å². The third-order valence-corrected chi connectivity index (χ3v) is 2.89. The molecule has 0 amide bonds. The second-order valence-corrected chi connectivity index (χ2v) is 4.36. The molecule has 0 spiro atoms. The fraction of sp³-hybridized carbons (Fsp3) is 0.538. The van der Waals surface area contributed by atoms with E-state index in [0.29, 0.717) is 13.4 Å². The minimum Gasteiger partial charge on any atom is -0.363 e. The van der Waals surface area contributed by atoms with Gasteiger partial charge in [0.25, 0.3) is 0 Å². The van der Waals surface area contributed by atoms with Gasteiger partial charge in [-0.15, -0.1) is 0 Å². The number of rotatable bonds is 6. The lowest BCUT2D eigenvalue weighted by atomic mass is 10.0. The van der Waals surface area contributed by atoms with Crippen molar-refractivity contribution in [2.45, 2.75) is 25.0 Å². The lowest BCUT2D eigenvalue weighted by Crippen LogP contribution is -2.20. The number of benzene rings is 1. The molecule has 1 aliphatic rings. The van der Waals surface area contributed by atoms with Gasteiger partial charge in [-0.2, -0.15) is 0 Å². The molecule has 2 atom stereocenters. The van der Waals surface area contributed by atoms with Crippen LogP contribution in [0.4, 0.5) is 0 Å².